The first-order valence-corrected chi connectivity index (χ1v) is 7.05. The highest BCUT2D eigenvalue weighted by Crippen LogP contribution is 2.21. The maximum absolute atomic E-state index is 11.9. The van der Waals surface area contributed by atoms with Gasteiger partial charge < -0.3 is 20.4 Å². The van der Waals surface area contributed by atoms with Crippen molar-refractivity contribution in [2.24, 2.45) is 0 Å². The highest BCUT2D eigenvalue weighted by Gasteiger charge is 2.19. The van der Waals surface area contributed by atoms with Crippen molar-refractivity contribution in [1.29, 1.82) is 0 Å². The zero-order chi connectivity index (χ0) is 15.9. The Morgan fingerprint density at radius 3 is 2.55 bits per heavy atom. The van der Waals surface area contributed by atoms with Crippen LogP contribution in [0.25, 0.3) is 0 Å². The summed E-state index contributed by atoms with van der Waals surface area (Å²) < 4.78 is 5.68. The molecule has 0 atom stereocenters. The van der Waals surface area contributed by atoms with Gasteiger partial charge in [-0.1, -0.05) is 30.3 Å². The minimum Gasteiger partial charge on any atom is -0.486 e. The largest absolute Gasteiger partial charge is 0.486 e. The van der Waals surface area contributed by atoms with Gasteiger partial charge in [-0.05, 0) is 12.5 Å². The Morgan fingerprint density at radius 2 is 1.91 bits per heavy atom. The molecule has 1 aromatic heterocycles. The van der Waals surface area contributed by atoms with Crippen LogP contribution in [0.4, 0.5) is 0 Å². The lowest BCUT2D eigenvalue weighted by Gasteiger charge is -2.06. The fourth-order valence-corrected chi connectivity index (χ4v) is 1.96. The molecule has 2 amide bonds. The van der Waals surface area contributed by atoms with Crippen LogP contribution < -0.4 is 15.4 Å². The first-order valence-electron chi connectivity index (χ1n) is 7.05. The van der Waals surface area contributed by atoms with Crippen molar-refractivity contribution < 1.29 is 14.3 Å². The zero-order valence-electron chi connectivity index (χ0n) is 12.6. The van der Waals surface area contributed by atoms with E-state index in [1.165, 1.54) is 7.05 Å². The molecule has 0 aliphatic heterocycles. The standard InChI is InChI=1S/C16H19N3O3/c1-3-18-15(20)12-9-13(14(19-12)16(21)17-2)22-10-11-7-5-4-6-8-11/h4-9,19H,3,10H2,1-2H3,(H,17,21)(H,18,20). The minimum absolute atomic E-state index is 0.236. The molecule has 0 bridgehead atoms. The smallest absolute Gasteiger partial charge is 0.271 e. The maximum atomic E-state index is 11.9. The van der Waals surface area contributed by atoms with Gasteiger partial charge in [-0.25, -0.2) is 0 Å². The molecule has 0 aliphatic carbocycles. The van der Waals surface area contributed by atoms with Crippen LogP contribution in [-0.4, -0.2) is 30.4 Å². The highest BCUT2D eigenvalue weighted by molar-refractivity contribution is 5.99. The number of aromatic amines is 1. The van der Waals surface area contributed by atoms with Crippen molar-refractivity contribution in [2.45, 2.75) is 13.5 Å². The fraction of sp³-hybridized carbons (Fsp3) is 0.250. The molecule has 1 heterocycles. The lowest BCUT2D eigenvalue weighted by molar-refractivity contribution is 0.0951. The van der Waals surface area contributed by atoms with Gasteiger partial charge in [0.25, 0.3) is 11.8 Å². The first kappa shape index (κ1) is 15.6. The van der Waals surface area contributed by atoms with Gasteiger partial charge in [-0.15, -0.1) is 0 Å². The number of nitrogens with one attached hydrogen (secondary N) is 3. The minimum atomic E-state index is -0.335. The second kappa shape index (κ2) is 7.31. The first-order chi connectivity index (χ1) is 10.7. The van der Waals surface area contributed by atoms with Crippen molar-refractivity contribution in [3.8, 4) is 5.75 Å². The molecule has 6 heteroatoms. The number of ether oxygens (including phenoxy) is 1. The van der Waals surface area contributed by atoms with E-state index in [9.17, 15) is 9.59 Å². The van der Waals surface area contributed by atoms with Gasteiger partial charge in [0.2, 0.25) is 0 Å². The van der Waals surface area contributed by atoms with Crippen LogP contribution in [0.15, 0.2) is 36.4 Å². The predicted molar refractivity (Wildman–Crippen MR) is 83.0 cm³/mol. The summed E-state index contributed by atoms with van der Waals surface area (Å²) in [4.78, 5) is 26.6. The number of aromatic nitrogens is 1. The Morgan fingerprint density at radius 1 is 1.18 bits per heavy atom. The molecule has 2 rings (SSSR count). The molecule has 2 aromatic rings. The van der Waals surface area contributed by atoms with E-state index < -0.39 is 0 Å². The van der Waals surface area contributed by atoms with E-state index in [0.717, 1.165) is 5.56 Å². The van der Waals surface area contributed by atoms with Gasteiger partial charge in [0.15, 0.2) is 5.75 Å². The normalized spacial score (nSPS) is 10.1. The number of carbonyl (C=O) groups excluding carboxylic acids is 2. The summed E-state index contributed by atoms with van der Waals surface area (Å²) in [5.74, 6) is -0.259. The number of hydrogen-bond donors (Lipinski definition) is 3. The monoisotopic (exact) mass is 301 g/mol. The van der Waals surface area contributed by atoms with E-state index in [2.05, 4.69) is 15.6 Å². The summed E-state index contributed by atoms with van der Waals surface area (Å²) in [6.07, 6.45) is 0. The summed E-state index contributed by atoms with van der Waals surface area (Å²) in [5, 5.41) is 5.20. The fourth-order valence-electron chi connectivity index (χ4n) is 1.96. The lowest BCUT2D eigenvalue weighted by Crippen LogP contribution is -2.23. The molecule has 116 valence electrons. The average Bonchev–Trinajstić information content (AvgIpc) is 2.98. The molecule has 0 unspecified atom stereocenters. The molecule has 1 aromatic carbocycles. The summed E-state index contributed by atoms with van der Waals surface area (Å²) >= 11 is 0. The van der Waals surface area contributed by atoms with Crippen molar-refractivity contribution in [3.63, 3.8) is 0 Å². The van der Waals surface area contributed by atoms with Gasteiger partial charge in [0.1, 0.15) is 18.0 Å². The van der Waals surface area contributed by atoms with Crippen LogP contribution in [0.2, 0.25) is 0 Å². The Kier molecular flexibility index (Phi) is 5.19. The second-order valence-electron chi connectivity index (χ2n) is 4.64. The number of H-pyrrole nitrogens is 1. The van der Waals surface area contributed by atoms with Crippen LogP contribution in [-0.2, 0) is 6.61 Å². The molecule has 22 heavy (non-hydrogen) atoms. The Hall–Kier alpha value is -2.76. The quantitative estimate of drug-likeness (QED) is 0.759. The third kappa shape index (κ3) is 3.66. The lowest BCUT2D eigenvalue weighted by atomic mass is 10.2. The number of carbonyl (C=O) groups is 2. The average molecular weight is 301 g/mol. The molecule has 0 saturated carbocycles. The molecule has 6 nitrogen and oxygen atoms in total. The second-order valence-corrected chi connectivity index (χ2v) is 4.64. The molecular weight excluding hydrogens is 282 g/mol. The topological polar surface area (TPSA) is 83.2 Å². The number of benzene rings is 1. The van der Waals surface area contributed by atoms with Crippen LogP contribution >= 0.6 is 0 Å². The van der Waals surface area contributed by atoms with Crippen molar-refractivity contribution in [1.82, 2.24) is 15.6 Å². The summed E-state index contributed by atoms with van der Waals surface area (Å²) in [6, 6.07) is 11.1. The Balaban J connectivity index is 2.20. The van der Waals surface area contributed by atoms with Gasteiger partial charge in [-0.3, -0.25) is 9.59 Å². The van der Waals surface area contributed by atoms with Gasteiger partial charge >= 0.3 is 0 Å². The number of rotatable bonds is 6. The highest BCUT2D eigenvalue weighted by atomic mass is 16.5. The third-order valence-corrected chi connectivity index (χ3v) is 3.05. The van der Waals surface area contributed by atoms with Crippen molar-refractivity contribution >= 4 is 11.8 Å². The van der Waals surface area contributed by atoms with E-state index in [1.54, 1.807) is 6.07 Å². The summed E-state index contributed by atoms with van der Waals surface area (Å²) in [6.45, 7) is 2.65. The van der Waals surface area contributed by atoms with E-state index >= 15 is 0 Å². The van der Waals surface area contributed by atoms with Crippen molar-refractivity contribution in [2.75, 3.05) is 13.6 Å². The van der Waals surface area contributed by atoms with Gasteiger partial charge in [0.05, 0.1) is 0 Å². The van der Waals surface area contributed by atoms with Gasteiger partial charge in [0, 0.05) is 19.7 Å². The number of hydrogen-bond acceptors (Lipinski definition) is 3. The van der Waals surface area contributed by atoms with Crippen molar-refractivity contribution in [3.05, 3.63) is 53.3 Å². The maximum Gasteiger partial charge on any atom is 0.271 e. The molecule has 0 radical (unpaired) electrons. The molecule has 0 fully saturated rings. The van der Waals surface area contributed by atoms with E-state index in [-0.39, 0.29) is 17.5 Å². The van der Waals surface area contributed by atoms with E-state index in [4.69, 9.17) is 4.74 Å². The molecule has 0 aliphatic rings. The Labute approximate surface area is 128 Å². The summed E-state index contributed by atoms with van der Waals surface area (Å²) in [7, 11) is 1.52. The van der Waals surface area contributed by atoms with Gasteiger partial charge in [-0.2, -0.15) is 0 Å². The molecule has 0 saturated heterocycles. The molecule has 0 spiro atoms. The predicted octanol–water partition coefficient (Wildman–Crippen LogP) is 1.70. The van der Waals surface area contributed by atoms with Crippen LogP contribution in [0.5, 0.6) is 5.75 Å². The van der Waals surface area contributed by atoms with Crippen LogP contribution in [0, 0.1) is 0 Å². The van der Waals surface area contributed by atoms with E-state index in [1.807, 2.05) is 37.3 Å². The third-order valence-electron chi connectivity index (χ3n) is 3.05. The summed E-state index contributed by atoms with van der Waals surface area (Å²) in [5.41, 5.74) is 1.51. The SMILES string of the molecule is CCNC(=O)c1cc(OCc2ccccc2)c(C(=O)NC)[nH]1. The van der Waals surface area contributed by atoms with E-state index in [0.29, 0.717) is 24.6 Å². The zero-order valence-corrected chi connectivity index (χ0v) is 12.6. The molecule has 3 N–H and O–H groups in total. The Bertz CT molecular complexity index is 650. The van der Waals surface area contributed by atoms with Crippen LogP contribution in [0.1, 0.15) is 33.5 Å². The van der Waals surface area contributed by atoms with Crippen LogP contribution in [0.3, 0.4) is 0 Å². The molecular formula is C16H19N3O3. The number of amides is 2.